The van der Waals surface area contributed by atoms with Crippen LogP contribution in [0.3, 0.4) is 0 Å². The maximum absolute atomic E-state index is 11.3. The van der Waals surface area contributed by atoms with Gasteiger partial charge < -0.3 is 9.47 Å². The van der Waals surface area contributed by atoms with E-state index in [1.807, 2.05) is 0 Å². The van der Waals surface area contributed by atoms with Gasteiger partial charge in [-0.2, -0.15) is 8.42 Å². The minimum Gasteiger partial charge on any atom is -0.350 e. The van der Waals surface area contributed by atoms with Crippen LogP contribution in [0.5, 0.6) is 0 Å². The van der Waals surface area contributed by atoms with Crippen molar-refractivity contribution in [2.75, 3.05) is 26.1 Å². The maximum Gasteiger partial charge on any atom is 0.267 e. The van der Waals surface area contributed by atoms with Gasteiger partial charge in [-0.3, -0.25) is 4.18 Å². The van der Waals surface area contributed by atoms with E-state index in [9.17, 15) is 8.42 Å². The molecule has 0 N–H and O–H groups in total. The van der Waals surface area contributed by atoms with Crippen LogP contribution in [0.15, 0.2) is 0 Å². The summed E-state index contributed by atoms with van der Waals surface area (Å²) in [4.78, 5) is 0. The van der Waals surface area contributed by atoms with Gasteiger partial charge in [-0.1, -0.05) is 6.92 Å². The van der Waals surface area contributed by atoms with Crippen molar-refractivity contribution in [1.29, 1.82) is 0 Å². The van der Waals surface area contributed by atoms with Gasteiger partial charge in [0.15, 0.2) is 5.79 Å². The van der Waals surface area contributed by atoms with E-state index in [4.69, 9.17) is 9.47 Å². The van der Waals surface area contributed by atoms with Crippen LogP contribution in [0.25, 0.3) is 0 Å². The SMILES string of the molecule is COS(=O)(=O)CC1(C)COC(C)(C)OC1. The summed E-state index contributed by atoms with van der Waals surface area (Å²) in [5.74, 6) is -0.719. The summed E-state index contributed by atoms with van der Waals surface area (Å²) in [5.41, 5.74) is -0.537. The Morgan fingerprint density at radius 2 is 1.67 bits per heavy atom. The molecule has 0 unspecified atom stereocenters. The third-order valence-corrected chi connectivity index (χ3v) is 3.87. The van der Waals surface area contributed by atoms with E-state index in [1.165, 1.54) is 0 Å². The van der Waals surface area contributed by atoms with E-state index in [0.29, 0.717) is 13.2 Å². The van der Waals surface area contributed by atoms with Crippen LogP contribution in [-0.4, -0.2) is 40.3 Å². The second kappa shape index (κ2) is 4.01. The van der Waals surface area contributed by atoms with Crippen molar-refractivity contribution in [3.63, 3.8) is 0 Å². The standard InChI is InChI=1S/C9H18O5S/c1-8(2)13-5-9(3,6-14-8)7-15(10,11)12-4/h5-7H2,1-4H3. The van der Waals surface area contributed by atoms with E-state index in [1.54, 1.807) is 20.8 Å². The van der Waals surface area contributed by atoms with Crippen molar-refractivity contribution in [3.8, 4) is 0 Å². The van der Waals surface area contributed by atoms with Gasteiger partial charge in [-0.15, -0.1) is 0 Å². The molecule has 5 nitrogen and oxygen atoms in total. The summed E-state index contributed by atoms with van der Waals surface area (Å²) in [5, 5.41) is 0. The van der Waals surface area contributed by atoms with Crippen molar-refractivity contribution in [2.24, 2.45) is 5.41 Å². The monoisotopic (exact) mass is 238 g/mol. The zero-order valence-electron chi connectivity index (χ0n) is 9.57. The molecule has 0 aliphatic carbocycles. The minimum atomic E-state index is -3.47. The maximum atomic E-state index is 11.3. The molecule has 1 aliphatic heterocycles. The molecular formula is C9H18O5S. The first-order valence-electron chi connectivity index (χ1n) is 4.74. The second-order valence-electron chi connectivity index (χ2n) is 4.66. The Bertz CT molecular complexity index is 309. The Labute approximate surface area is 90.8 Å². The first-order chi connectivity index (χ1) is 6.68. The highest BCUT2D eigenvalue weighted by Crippen LogP contribution is 2.30. The van der Waals surface area contributed by atoms with Crippen molar-refractivity contribution >= 4 is 10.1 Å². The highest BCUT2D eigenvalue weighted by molar-refractivity contribution is 7.86. The van der Waals surface area contributed by atoms with Gasteiger partial charge in [-0.05, 0) is 13.8 Å². The van der Waals surface area contributed by atoms with E-state index in [-0.39, 0.29) is 5.75 Å². The summed E-state index contributed by atoms with van der Waals surface area (Å²) in [6.07, 6.45) is 0. The fourth-order valence-electron chi connectivity index (χ4n) is 1.35. The summed E-state index contributed by atoms with van der Waals surface area (Å²) in [7, 11) is -2.31. The molecule has 1 fully saturated rings. The summed E-state index contributed by atoms with van der Waals surface area (Å²) >= 11 is 0. The van der Waals surface area contributed by atoms with Crippen LogP contribution in [0.2, 0.25) is 0 Å². The first-order valence-corrected chi connectivity index (χ1v) is 6.32. The van der Waals surface area contributed by atoms with E-state index in [0.717, 1.165) is 7.11 Å². The Balaban J connectivity index is 2.64. The number of hydrogen-bond acceptors (Lipinski definition) is 5. The highest BCUT2D eigenvalue weighted by Gasteiger charge is 2.39. The van der Waals surface area contributed by atoms with Crippen LogP contribution in [0.1, 0.15) is 20.8 Å². The van der Waals surface area contributed by atoms with Gasteiger partial charge in [0.05, 0.1) is 26.1 Å². The summed E-state index contributed by atoms with van der Waals surface area (Å²) < 4.78 is 37.9. The van der Waals surface area contributed by atoms with Gasteiger partial charge in [0.1, 0.15) is 0 Å². The van der Waals surface area contributed by atoms with Gasteiger partial charge in [0, 0.05) is 5.41 Å². The van der Waals surface area contributed by atoms with Crippen LogP contribution in [0, 0.1) is 5.41 Å². The topological polar surface area (TPSA) is 61.8 Å². The number of hydrogen-bond donors (Lipinski definition) is 0. The summed E-state index contributed by atoms with van der Waals surface area (Å²) in [6.45, 7) is 6.11. The lowest BCUT2D eigenvalue weighted by molar-refractivity contribution is -0.278. The van der Waals surface area contributed by atoms with Crippen LogP contribution < -0.4 is 0 Å². The lowest BCUT2D eigenvalue weighted by Gasteiger charge is -2.40. The number of ether oxygens (including phenoxy) is 2. The fraction of sp³-hybridized carbons (Fsp3) is 1.00. The predicted molar refractivity (Wildman–Crippen MR) is 54.9 cm³/mol. The molecule has 0 aromatic carbocycles. The quantitative estimate of drug-likeness (QED) is 0.679. The fourth-order valence-corrected chi connectivity index (χ4v) is 2.49. The zero-order valence-corrected chi connectivity index (χ0v) is 10.4. The van der Waals surface area contributed by atoms with Crippen LogP contribution >= 0.6 is 0 Å². The Morgan fingerprint density at radius 3 is 2.07 bits per heavy atom. The lowest BCUT2D eigenvalue weighted by Crippen LogP contribution is -2.48. The van der Waals surface area contributed by atoms with E-state index >= 15 is 0 Å². The second-order valence-corrected chi connectivity index (χ2v) is 6.39. The van der Waals surface area contributed by atoms with Crippen molar-refractivity contribution in [2.45, 2.75) is 26.6 Å². The molecule has 1 heterocycles. The molecule has 1 saturated heterocycles. The molecule has 0 bridgehead atoms. The van der Waals surface area contributed by atoms with Gasteiger partial charge >= 0.3 is 0 Å². The zero-order chi connectivity index (χ0) is 11.7. The molecule has 0 radical (unpaired) electrons. The van der Waals surface area contributed by atoms with Gasteiger partial charge in [-0.25, -0.2) is 0 Å². The largest absolute Gasteiger partial charge is 0.350 e. The molecule has 0 spiro atoms. The average Bonchev–Trinajstić information content (AvgIpc) is 2.11. The molecule has 0 aromatic heterocycles. The number of rotatable bonds is 3. The van der Waals surface area contributed by atoms with E-state index < -0.39 is 21.3 Å². The third-order valence-electron chi connectivity index (χ3n) is 2.32. The molecule has 1 rings (SSSR count). The molecule has 1 aliphatic rings. The first kappa shape index (κ1) is 12.9. The molecule has 0 saturated carbocycles. The molecule has 0 amide bonds. The smallest absolute Gasteiger partial charge is 0.267 e. The average molecular weight is 238 g/mol. The van der Waals surface area contributed by atoms with E-state index in [2.05, 4.69) is 4.18 Å². The summed E-state index contributed by atoms with van der Waals surface area (Å²) in [6, 6.07) is 0. The van der Waals surface area contributed by atoms with Gasteiger partial charge in [0.25, 0.3) is 10.1 Å². The van der Waals surface area contributed by atoms with Crippen molar-refractivity contribution in [1.82, 2.24) is 0 Å². The molecule has 90 valence electrons. The Hall–Kier alpha value is -0.170. The molecule has 0 aromatic rings. The Morgan fingerprint density at radius 1 is 1.20 bits per heavy atom. The van der Waals surface area contributed by atoms with Crippen molar-refractivity contribution in [3.05, 3.63) is 0 Å². The molecule has 15 heavy (non-hydrogen) atoms. The molecule has 0 atom stereocenters. The normalized spacial score (nSPS) is 25.1. The van der Waals surface area contributed by atoms with Crippen molar-refractivity contribution < 1.29 is 22.1 Å². The predicted octanol–water partition coefficient (Wildman–Crippen LogP) is 0.752. The highest BCUT2D eigenvalue weighted by atomic mass is 32.2. The van der Waals surface area contributed by atoms with Crippen LogP contribution in [-0.2, 0) is 23.8 Å². The minimum absolute atomic E-state index is 0.0907. The third kappa shape index (κ3) is 3.71. The molecule has 6 heteroatoms. The van der Waals surface area contributed by atoms with Crippen LogP contribution in [0.4, 0.5) is 0 Å². The van der Waals surface area contributed by atoms with Gasteiger partial charge in [0.2, 0.25) is 0 Å². The lowest BCUT2D eigenvalue weighted by atomic mass is 9.94. The molecular weight excluding hydrogens is 220 g/mol. The Kier molecular flexibility index (Phi) is 3.45.